The van der Waals surface area contributed by atoms with Crippen LogP contribution in [0.25, 0.3) is 10.6 Å². The summed E-state index contributed by atoms with van der Waals surface area (Å²) in [6.45, 7) is 0.457. The Morgan fingerprint density at radius 2 is 2.27 bits per heavy atom. The Morgan fingerprint density at radius 1 is 1.45 bits per heavy atom. The average Bonchev–Trinajstić information content (AvgIpc) is 3.17. The van der Waals surface area contributed by atoms with E-state index in [1.54, 1.807) is 11.3 Å². The van der Waals surface area contributed by atoms with Crippen molar-refractivity contribution >= 4 is 62.0 Å². The van der Waals surface area contributed by atoms with Crippen molar-refractivity contribution < 1.29 is 9.53 Å². The van der Waals surface area contributed by atoms with Crippen molar-refractivity contribution in [1.82, 2.24) is 4.98 Å². The SMILES string of the molecule is Cl.NC[C@H]1CC[C@@H](C(=O)Nc2nc(-c3cc(Br)cs3)cs2)O1. The van der Waals surface area contributed by atoms with Crippen LogP contribution >= 0.6 is 51.0 Å². The Balaban J connectivity index is 0.00000176. The summed E-state index contributed by atoms with van der Waals surface area (Å²) < 4.78 is 6.61. The molecule has 3 heterocycles. The van der Waals surface area contributed by atoms with Crippen LogP contribution in [0.1, 0.15) is 12.8 Å². The molecule has 120 valence electrons. The van der Waals surface area contributed by atoms with E-state index in [1.807, 2.05) is 16.8 Å². The maximum absolute atomic E-state index is 12.1. The molecule has 0 saturated carbocycles. The van der Waals surface area contributed by atoms with Gasteiger partial charge in [0.25, 0.3) is 5.91 Å². The summed E-state index contributed by atoms with van der Waals surface area (Å²) in [6.07, 6.45) is 1.13. The first-order valence-corrected chi connectivity index (χ1v) is 9.07. The normalized spacial score (nSPS) is 20.6. The summed E-state index contributed by atoms with van der Waals surface area (Å²) in [7, 11) is 0. The Morgan fingerprint density at radius 3 is 2.91 bits per heavy atom. The minimum atomic E-state index is -0.415. The van der Waals surface area contributed by atoms with E-state index in [0.29, 0.717) is 18.1 Å². The first kappa shape index (κ1) is 17.8. The zero-order valence-electron chi connectivity index (χ0n) is 11.5. The van der Waals surface area contributed by atoms with Gasteiger partial charge in [0.05, 0.1) is 16.7 Å². The molecule has 22 heavy (non-hydrogen) atoms. The van der Waals surface area contributed by atoms with E-state index in [1.165, 1.54) is 11.3 Å². The van der Waals surface area contributed by atoms with Crippen molar-refractivity contribution in [3.63, 3.8) is 0 Å². The van der Waals surface area contributed by atoms with Gasteiger partial charge < -0.3 is 10.5 Å². The number of ether oxygens (including phenoxy) is 1. The first-order valence-electron chi connectivity index (χ1n) is 6.52. The van der Waals surface area contributed by atoms with Crippen LogP contribution in [0.4, 0.5) is 5.13 Å². The number of aromatic nitrogens is 1. The predicted octanol–water partition coefficient (Wildman–Crippen LogP) is 3.50. The molecule has 1 amide bonds. The number of hydrogen-bond acceptors (Lipinski definition) is 6. The lowest BCUT2D eigenvalue weighted by atomic mass is 10.2. The number of halogens is 2. The number of thiophene rings is 1. The lowest BCUT2D eigenvalue weighted by Crippen LogP contribution is -2.29. The van der Waals surface area contributed by atoms with Crippen molar-refractivity contribution in [1.29, 1.82) is 0 Å². The second-order valence-corrected chi connectivity index (χ2v) is 7.40. The summed E-state index contributed by atoms with van der Waals surface area (Å²) in [5.74, 6) is -0.140. The number of thiazole rings is 1. The number of rotatable bonds is 4. The van der Waals surface area contributed by atoms with Crippen molar-refractivity contribution in [3.05, 3.63) is 21.3 Å². The minimum absolute atomic E-state index is 0. The molecule has 3 N–H and O–H groups in total. The molecule has 2 aromatic rings. The molecule has 1 aliphatic heterocycles. The summed E-state index contributed by atoms with van der Waals surface area (Å²) >= 11 is 6.45. The molecule has 9 heteroatoms. The van der Waals surface area contributed by atoms with Crippen molar-refractivity contribution in [2.75, 3.05) is 11.9 Å². The Hall–Kier alpha value is -0.510. The molecule has 3 rings (SSSR count). The lowest BCUT2D eigenvalue weighted by Gasteiger charge is -2.11. The fourth-order valence-corrected chi connectivity index (χ4v) is 4.33. The quantitative estimate of drug-likeness (QED) is 0.787. The van der Waals surface area contributed by atoms with E-state index < -0.39 is 6.10 Å². The van der Waals surface area contributed by atoms with E-state index in [4.69, 9.17) is 10.5 Å². The van der Waals surface area contributed by atoms with Crippen LogP contribution in [-0.2, 0) is 9.53 Å². The van der Waals surface area contributed by atoms with Crippen LogP contribution in [0.5, 0.6) is 0 Å². The number of nitrogens with two attached hydrogens (primary N) is 1. The highest BCUT2D eigenvalue weighted by Gasteiger charge is 2.30. The van der Waals surface area contributed by atoms with Crippen LogP contribution in [0.2, 0.25) is 0 Å². The van der Waals surface area contributed by atoms with Gasteiger partial charge in [-0.2, -0.15) is 0 Å². The highest BCUT2D eigenvalue weighted by molar-refractivity contribution is 9.10. The number of amides is 1. The molecule has 2 atom stereocenters. The largest absolute Gasteiger partial charge is 0.364 e. The Kier molecular flexibility index (Phi) is 6.36. The maximum atomic E-state index is 12.1. The maximum Gasteiger partial charge on any atom is 0.255 e. The third-order valence-corrected chi connectivity index (χ3v) is 5.69. The topological polar surface area (TPSA) is 77.2 Å². The van der Waals surface area contributed by atoms with Crippen molar-refractivity contribution in [3.8, 4) is 10.6 Å². The van der Waals surface area contributed by atoms with Crippen LogP contribution in [0.3, 0.4) is 0 Å². The smallest absolute Gasteiger partial charge is 0.255 e. The molecule has 0 bridgehead atoms. The fourth-order valence-electron chi connectivity index (χ4n) is 2.15. The molecule has 0 radical (unpaired) electrons. The van der Waals surface area contributed by atoms with Crippen LogP contribution in [-0.4, -0.2) is 29.6 Å². The van der Waals surface area contributed by atoms with Gasteiger partial charge in [0, 0.05) is 21.8 Å². The van der Waals surface area contributed by atoms with Gasteiger partial charge in [-0.1, -0.05) is 0 Å². The number of carbonyl (C=O) groups excluding carboxylic acids is 1. The van der Waals surface area contributed by atoms with E-state index in [9.17, 15) is 4.79 Å². The number of anilines is 1. The molecule has 0 unspecified atom stereocenters. The summed E-state index contributed by atoms with van der Waals surface area (Å²) in [5.41, 5.74) is 6.42. The Labute approximate surface area is 150 Å². The third kappa shape index (κ3) is 4.06. The molecular weight excluding hydrogens is 410 g/mol. The number of hydrogen-bond donors (Lipinski definition) is 2. The average molecular weight is 425 g/mol. The van der Waals surface area contributed by atoms with Crippen molar-refractivity contribution in [2.24, 2.45) is 5.73 Å². The van der Waals surface area contributed by atoms with E-state index in [0.717, 1.165) is 21.5 Å². The molecule has 5 nitrogen and oxygen atoms in total. The van der Waals surface area contributed by atoms with E-state index in [2.05, 4.69) is 26.2 Å². The zero-order valence-corrected chi connectivity index (χ0v) is 15.5. The monoisotopic (exact) mass is 423 g/mol. The van der Waals surface area contributed by atoms with Crippen LogP contribution in [0.15, 0.2) is 21.3 Å². The first-order chi connectivity index (χ1) is 10.2. The molecule has 1 saturated heterocycles. The number of carbonyl (C=O) groups is 1. The highest BCUT2D eigenvalue weighted by Crippen LogP contribution is 2.32. The molecular formula is C13H15BrClN3O2S2. The standard InChI is InChI=1S/C13H14BrN3O2S2.ClH/c14-7-3-11(20-5-7)9-6-21-13(16-9)17-12(18)10-2-1-8(4-15)19-10;/h3,5-6,8,10H,1-2,4,15H2,(H,16,17,18);1H/t8-,10+;/m1./s1. The van der Waals surface area contributed by atoms with Gasteiger partial charge in [0.2, 0.25) is 0 Å². The van der Waals surface area contributed by atoms with Gasteiger partial charge in [0.1, 0.15) is 6.10 Å². The minimum Gasteiger partial charge on any atom is -0.364 e. The Bertz CT molecular complexity index is 649. The van der Waals surface area contributed by atoms with Gasteiger partial charge in [0.15, 0.2) is 5.13 Å². The van der Waals surface area contributed by atoms with E-state index >= 15 is 0 Å². The summed E-state index contributed by atoms with van der Waals surface area (Å²) in [6, 6.07) is 2.01. The fraction of sp³-hybridized carbons (Fsp3) is 0.385. The van der Waals surface area contributed by atoms with Crippen LogP contribution < -0.4 is 11.1 Å². The third-order valence-electron chi connectivity index (χ3n) is 3.22. The molecule has 0 spiro atoms. The molecule has 0 aromatic carbocycles. The predicted molar refractivity (Wildman–Crippen MR) is 96.0 cm³/mol. The zero-order chi connectivity index (χ0) is 14.8. The molecule has 2 aromatic heterocycles. The van der Waals surface area contributed by atoms with Gasteiger partial charge >= 0.3 is 0 Å². The van der Waals surface area contributed by atoms with Crippen molar-refractivity contribution in [2.45, 2.75) is 25.0 Å². The molecule has 1 aliphatic rings. The second-order valence-electron chi connectivity index (χ2n) is 4.72. The van der Waals surface area contributed by atoms with E-state index in [-0.39, 0.29) is 24.4 Å². The summed E-state index contributed by atoms with van der Waals surface area (Å²) in [4.78, 5) is 17.6. The van der Waals surface area contributed by atoms with Gasteiger partial charge in [-0.25, -0.2) is 4.98 Å². The number of nitrogens with one attached hydrogen (secondary N) is 1. The van der Waals surface area contributed by atoms with Gasteiger partial charge in [-0.3, -0.25) is 10.1 Å². The summed E-state index contributed by atoms with van der Waals surface area (Å²) in [5, 5.41) is 7.36. The van der Waals surface area contributed by atoms with Gasteiger partial charge in [-0.15, -0.1) is 35.1 Å². The molecule has 0 aliphatic carbocycles. The second kappa shape index (κ2) is 7.85. The lowest BCUT2D eigenvalue weighted by molar-refractivity contribution is -0.126. The van der Waals surface area contributed by atoms with Crippen LogP contribution in [0, 0.1) is 0 Å². The van der Waals surface area contributed by atoms with Gasteiger partial charge in [-0.05, 0) is 34.8 Å². The molecule has 1 fully saturated rings. The highest BCUT2D eigenvalue weighted by atomic mass is 79.9. The number of nitrogens with zero attached hydrogens (tertiary/aromatic N) is 1.